The maximum atomic E-state index is 11.7. The monoisotopic (exact) mass is 398 g/mol. The summed E-state index contributed by atoms with van der Waals surface area (Å²) in [6.45, 7) is 3.11. The van der Waals surface area contributed by atoms with E-state index in [4.69, 9.17) is 0 Å². The number of rotatable bonds is 8. The van der Waals surface area contributed by atoms with Crippen molar-refractivity contribution in [1.29, 1.82) is 0 Å². The zero-order chi connectivity index (χ0) is 21.0. The average molecular weight is 399 g/mol. The zero-order valence-electron chi connectivity index (χ0n) is 17.7. The molecule has 1 fully saturated rings. The van der Waals surface area contributed by atoms with Gasteiger partial charge in [0.1, 0.15) is 0 Å². The molecule has 3 rings (SSSR count). The number of aliphatic hydroxyl groups is 2. The molecule has 1 aromatic carbocycles. The number of hydrogen-bond donors (Lipinski definition) is 3. The largest absolute Gasteiger partial charge is 0.392 e. The van der Waals surface area contributed by atoms with Crippen LogP contribution in [-0.4, -0.2) is 60.4 Å². The van der Waals surface area contributed by atoms with Crippen LogP contribution >= 0.6 is 0 Å². The van der Waals surface area contributed by atoms with E-state index in [9.17, 15) is 15.0 Å². The highest BCUT2D eigenvalue weighted by molar-refractivity contribution is 5.77. The Morgan fingerprint density at radius 3 is 2.90 bits per heavy atom. The van der Waals surface area contributed by atoms with E-state index < -0.39 is 6.10 Å². The fraction of sp³-hybridized carbons (Fsp3) is 0.542. The molecule has 3 N–H and O–H groups in total. The first-order chi connectivity index (χ1) is 13.8. The molecule has 0 heterocycles. The Morgan fingerprint density at radius 2 is 2.17 bits per heavy atom. The van der Waals surface area contributed by atoms with Crippen LogP contribution in [0, 0.1) is 24.7 Å². The molecule has 0 aromatic heterocycles. The molecule has 2 aliphatic carbocycles. The van der Waals surface area contributed by atoms with Crippen molar-refractivity contribution in [3.63, 3.8) is 0 Å². The van der Waals surface area contributed by atoms with Gasteiger partial charge in [0.25, 0.3) is 0 Å². The third kappa shape index (κ3) is 5.78. The molecular weight excluding hydrogens is 364 g/mol. The average Bonchev–Trinajstić information content (AvgIpc) is 3.16. The minimum absolute atomic E-state index is 0.0719. The predicted molar refractivity (Wildman–Crippen MR) is 115 cm³/mol. The van der Waals surface area contributed by atoms with Crippen LogP contribution in [-0.2, 0) is 11.2 Å². The van der Waals surface area contributed by atoms with Crippen LogP contribution in [0.25, 0.3) is 0 Å². The quantitative estimate of drug-likeness (QED) is 0.586. The van der Waals surface area contributed by atoms with E-state index in [1.807, 2.05) is 24.3 Å². The van der Waals surface area contributed by atoms with Gasteiger partial charge in [-0.3, -0.25) is 4.79 Å². The van der Waals surface area contributed by atoms with Gasteiger partial charge in [0, 0.05) is 33.0 Å². The zero-order valence-corrected chi connectivity index (χ0v) is 17.7. The lowest BCUT2D eigenvalue weighted by atomic mass is 9.89. The Hall–Kier alpha value is -1.95. The highest BCUT2D eigenvalue weighted by atomic mass is 16.3. The van der Waals surface area contributed by atoms with Gasteiger partial charge in [0.05, 0.1) is 18.8 Å². The fourth-order valence-corrected chi connectivity index (χ4v) is 4.63. The first-order valence-corrected chi connectivity index (χ1v) is 10.5. The van der Waals surface area contributed by atoms with Gasteiger partial charge in [0.2, 0.25) is 5.91 Å². The summed E-state index contributed by atoms with van der Waals surface area (Å²) in [5.41, 5.74) is 3.63. The molecular formula is C24H34N2O3. The first kappa shape index (κ1) is 21.8. The lowest BCUT2D eigenvalue weighted by Gasteiger charge is -2.19. The van der Waals surface area contributed by atoms with E-state index in [-0.39, 0.29) is 17.9 Å². The van der Waals surface area contributed by atoms with Crippen molar-refractivity contribution >= 4 is 5.91 Å². The van der Waals surface area contributed by atoms with Gasteiger partial charge in [-0.2, -0.15) is 0 Å². The second-order valence-corrected chi connectivity index (χ2v) is 8.77. The van der Waals surface area contributed by atoms with Crippen LogP contribution in [0.3, 0.4) is 0 Å². The molecule has 0 aliphatic heterocycles. The van der Waals surface area contributed by atoms with Crippen molar-refractivity contribution in [2.75, 3.05) is 27.2 Å². The van der Waals surface area contributed by atoms with Crippen molar-refractivity contribution in [1.82, 2.24) is 10.2 Å². The predicted octanol–water partition coefficient (Wildman–Crippen LogP) is 2.08. The standard InChI is InChI=1S/C24H34N2O3/c1-16-5-4-6-17(9-16)11-20(27)7-8-21-22-12-18(10-19(22)13-23(21)28)14-25-15-24(29)26(2)3/h4-10,19-23,25,27-28H,11-15H2,1-3H3/b8-7+/t19-,20-,21+,22-,23+/m0/s1. The molecule has 5 heteroatoms. The summed E-state index contributed by atoms with van der Waals surface area (Å²) in [4.78, 5) is 13.3. The van der Waals surface area contributed by atoms with E-state index in [0.717, 1.165) is 24.9 Å². The smallest absolute Gasteiger partial charge is 0.236 e. The number of amides is 1. The van der Waals surface area contributed by atoms with Crippen molar-refractivity contribution in [3.05, 3.63) is 59.2 Å². The number of hydrogen-bond acceptors (Lipinski definition) is 4. The molecule has 1 aromatic rings. The third-order valence-corrected chi connectivity index (χ3v) is 6.16. The Bertz CT molecular complexity index is 771. The van der Waals surface area contributed by atoms with Crippen LogP contribution in [0.5, 0.6) is 0 Å². The summed E-state index contributed by atoms with van der Waals surface area (Å²) in [7, 11) is 3.52. The molecule has 0 saturated heterocycles. The van der Waals surface area contributed by atoms with Gasteiger partial charge in [-0.25, -0.2) is 0 Å². The van der Waals surface area contributed by atoms with Gasteiger partial charge in [-0.05, 0) is 37.2 Å². The molecule has 5 atom stereocenters. The Balaban J connectivity index is 1.51. The number of benzene rings is 1. The lowest BCUT2D eigenvalue weighted by Crippen LogP contribution is -2.33. The van der Waals surface area contributed by atoms with E-state index >= 15 is 0 Å². The van der Waals surface area contributed by atoms with Gasteiger partial charge in [-0.1, -0.05) is 53.6 Å². The van der Waals surface area contributed by atoms with Gasteiger partial charge in [-0.15, -0.1) is 0 Å². The summed E-state index contributed by atoms with van der Waals surface area (Å²) in [5, 5.41) is 24.1. The van der Waals surface area contributed by atoms with Crippen LogP contribution in [0.1, 0.15) is 24.0 Å². The topological polar surface area (TPSA) is 72.8 Å². The second kappa shape index (κ2) is 9.70. The van der Waals surface area contributed by atoms with E-state index in [2.05, 4.69) is 30.4 Å². The van der Waals surface area contributed by atoms with E-state index in [1.54, 1.807) is 19.0 Å². The first-order valence-electron chi connectivity index (χ1n) is 10.5. The number of nitrogens with one attached hydrogen (secondary N) is 1. The highest BCUT2D eigenvalue weighted by Gasteiger charge is 2.43. The summed E-state index contributed by atoms with van der Waals surface area (Å²) < 4.78 is 0. The number of carbonyl (C=O) groups is 1. The Kier molecular flexibility index (Phi) is 7.28. The third-order valence-electron chi connectivity index (χ3n) is 6.16. The molecule has 1 amide bonds. The molecule has 29 heavy (non-hydrogen) atoms. The highest BCUT2D eigenvalue weighted by Crippen LogP contribution is 2.47. The number of nitrogens with zero attached hydrogens (tertiary/aromatic N) is 1. The summed E-state index contributed by atoms with van der Waals surface area (Å²) in [6.07, 6.45) is 7.55. The Morgan fingerprint density at radius 1 is 1.38 bits per heavy atom. The molecule has 2 aliphatic rings. The maximum Gasteiger partial charge on any atom is 0.236 e. The summed E-state index contributed by atoms with van der Waals surface area (Å²) in [5.74, 6) is 0.913. The van der Waals surface area contributed by atoms with Crippen molar-refractivity contribution in [3.8, 4) is 0 Å². The number of aliphatic hydroxyl groups excluding tert-OH is 2. The molecule has 1 saturated carbocycles. The van der Waals surface area contributed by atoms with E-state index in [1.165, 1.54) is 11.1 Å². The molecule has 5 nitrogen and oxygen atoms in total. The number of fused-ring (bicyclic) bond motifs is 1. The summed E-state index contributed by atoms with van der Waals surface area (Å²) in [6, 6.07) is 8.19. The minimum atomic E-state index is -0.546. The Labute approximate surface area is 174 Å². The number of aryl methyl sites for hydroxylation is 1. The maximum absolute atomic E-state index is 11.7. The molecule has 0 radical (unpaired) electrons. The molecule has 0 bridgehead atoms. The van der Waals surface area contributed by atoms with Crippen LogP contribution < -0.4 is 5.32 Å². The van der Waals surface area contributed by atoms with Gasteiger partial charge >= 0.3 is 0 Å². The molecule has 158 valence electrons. The van der Waals surface area contributed by atoms with E-state index in [0.29, 0.717) is 24.8 Å². The minimum Gasteiger partial charge on any atom is -0.392 e. The summed E-state index contributed by atoms with van der Waals surface area (Å²) >= 11 is 0. The van der Waals surface area contributed by atoms with Crippen LogP contribution in [0.2, 0.25) is 0 Å². The second-order valence-electron chi connectivity index (χ2n) is 8.77. The van der Waals surface area contributed by atoms with Crippen molar-refractivity contribution < 1.29 is 15.0 Å². The van der Waals surface area contributed by atoms with Gasteiger partial charge < -0.3 is 20.4 Å². The van der Waals surface area contributed by atoms with Gasteiger partial charge in [0.15, 0.2) is 0 Å². The SMILES string of the molecule is Cc1cccc(C[C@@H](O)/C=C/[C@@H]2[C@H]3CC(CNCC(=O)N(C)C)=C[C@H]3C[C@H]2O)c1. The molecule has 0 unspecified atom stereocenters. The lowest BCUT2D eigenvalue weighted by molar-refractivity contribution is -0.127. The molecule has 0 spiro atoms. The van der Waals surface area contributed by atoms with Crippen molar-refractivity contribution in [2.24, 2.45) is 17.8 Å². The van der Waals surface area contributed by atoms with Crippen LogP contribution in [0.15, 0.2) is 48.1 Å². The number of allylic oxidation sites excluding steroid dienone is 1. The fourth-order valence-electron chi connectivity index (χ4n) is 4.63. The number of likely N-dealkylation sites (N-methyl/N-ethyl adjacent to an activating group) is 1. The number of carbonyl (C=O) groups excluding carboxylic acids is 1. The van der Waals surface area contributed by atoms with Crippen molar-refractivity contribution in [2.45, 2.75) is 38.4 Å². The normalized spacial score (nSPS) is 27.1. The van der Waals surface area contributed by atoms with Crippen LogP contribution in [0.4, 0.5) is 0 Å².